The summed E-state index contributed by atoms with van der Waals surface area (Å²) in [6, 6.07) is 6.09. The number of rotatable bonds is 6. The maximum absolute atomic E-state index is 12.0. The minimum atomic E-state index is 0.0530. The van der Waals surface area contributed by atoms with E-state index in [9.17, 15) is 4.79 Å². The molecule has 0 aromatic heterocycles. The van der Waals surface area contributed by atoms with E-state index in [-0.39, 0.29) is 5.91 Å². The second-order valence-electron chi connectivity index (χ2n) is 4.87. The van der Waals surface area contributed by atoms with Crippen LogP contribution in [0.25, 0.3) is 0 Å². The molecule has 19 heavy (non-hydrogen) atoms. The first kappa shape index (κ1) is 15.5. The number of likely N-dealkylation sites (N-methyl/N-ethyl adjacent to an activating group) is 1. The molecular weight excluding hydrogens is 240 g/mol. The van der Waals surface area contributed by atoms with Crippen LogP contribution in [0.5, 0.6) is 5.75 Å². The van der Waals surface area contributed by atoms with Crippen molar-refractivity contribution in [3.63, 3.8) is 0 Å². The van der Waals surface area contributed by atoms with Crippen molar-refractivity contribution in [3.05, 3.63) is 23.8 Å². The largest absolute Gasteiger partial charge is 0.494 e. The summed E-state index contributed by atoms with van der Waals surface area (Å²) in [6.07, 6.45) is 0. The first-order valence-electron chi connectivity index (χ1n) is 6.69. The van der Waals surface area contributed by atoms with Gasteiger partial charge in [-0.25, -0.2) is 0 Å². The number of anilines is 1. The number of benzene rings is 1. The molecule has 0 fully saturated rings. The molecule has 4 nitrogen and oxygen atoms in total. The van der Waals surface area contributed by atoms with Crippen LogP contribution in [0.1, 0.15) is 26.3 Å². The fourth-order valence-electron chi connectivity index (χ4n) is 1.71. The van der Waals surface area contributed by atoms with Crippen LogP contribution in [0, 0.1) is 6.92 Å². The Morgan fingerprint density at radius 2 is 2.11 bits per heavy atom. The number of ether oxygens (including phenoxy) is 1. The summed E-state index contributed by atoms with van der Waals surface area (Å²) in [6.45, 7) is 8.98. The van der Waals surface area contributed by atoms with Gasteiger partial charge in [0.25, 0.3) is 0 Å². The van der Waals surface area contributed by atoms with Crippen molar-refractivity contribution in [2.75, 3.05) is 25.1 Å². The van der Waals surface area contributed by atoms with Crippen molar-refractivity contribution >= 4 is 11.6 Å². The first-order chi connectivity index (χ1) is 8.95. The number of nitrogens with zero attached hydrogens (tertiary/aromatic N) is 1. The lowest BCUT2D eigenvalue weighted by molar-refractivity contribution is -0.117. The van der Waals surface area contributed by atoms with Gasteiger partial charge in [0, 0.05) is 18.8 Å². The molecule has 1 aromatic rings. The third-order valence-electron chi connectivity index (χ3n) is 2.88. The summed E-state index contributed by atoms with van der Waals surface area (Å²) >= 11 is 0. The highest BCUT2D eigenvalue weighted by Crippen LogP contribution is 2.23. The van der Waals surface area contributed by atoms with Gasteiger partial charge < -0.3 is 15.0 Å². The van der Waals surface area contributed by atoms with Crippen LogP contribution in [0.15, 0.2) is 18.2 Å². The number of amides is 1. The van der Waals surface area contributed by atoms with Crippen LogP contribution in [0.3, 0.4) is 0 Å². The minimum absolute atomic E-state index is 0.0530. The van der Waals surface area contributed by atoms with Crippen molar-refractivity contribution < 1.29 is 9.53 Å². The van der Waals surface area contributed by atoms with Gasteiger partial charge in [0.2, 0.25) is 5.91 Å². The number of hydrogen-bond acceptors (Lipinski definition) is 3. The minimum Gasteiger partial charge on any atom is -0.494 e. The second-order valence-corrected chi connectivity index (χ2v) is 4.87. The molecule has 0 saturated heterocycles. The van der Waals surface area contributed by atoms with Crippen LogP contribution >= 0.6 is 0 Å². The summed E-state index contributed by atoms with van der Waals surface area (Å²) in [5.74, 6) is 0.921. The van der Waals surface area contributed by atoms with Gasteiger partial charge in [-0.1, -0.05) is 13.8 Å². The van der Waals surface area contributed by atoms with Crippen molar-refractivity contribution in [2.24, 2.45) is 0 Å². The fraction of sp³-hybridized carbons (Fsp3) is 0.533. The highest BCUT2D eigenvalue weighted by molar-refractivity contribution is 5.94. The van der Waals surface area contributed by atoms with Gasteiger partial charge in [-0.2, -0.15) is 0 Å². The molecule has 4 heteroatoms. The zero-order valence-corrected chi connectivity index (χ0v) is 12.5. The lowest BCUT2D eigenvalue weighted by Crippen LogP contribution is -2.38. The standard InChI is InChI=1S/C15H24N2O2/c1-6-19-14-8-7-13(9-12(14)4)17(5)15(18)10-16-11(2)3/h7-9,11,16H,6,10H2,1-5H3. The van der Waals surface area contributed by atoms with Gasteiger partial charge in [-0.05, 0) is 37.6 Å². The zero-order chi connectivity index (χ0) is 14.4. The SMILES string of the molecule is CCOc1ccc(N(C)C(=O)CNC(C)C)cc1C. The summed E-state index contributed by atoms with van der Waals surface area (Å²) in [5, 5.41) is 3.13. The molecule has 0 aliphatic rings. The third-order valence-corrected chi connectivity index (χ3v) is 2.88. The zero-order valence-electron chi connectivity index (χ0n) is 12.5. The van der Waals surface area contributed by atoms with Gasteiger partial charge in [0.05, 0.1) is 13.2 Å². The highest BCUT2D eigenvalue weighted by Gasteiger charge is 2.12. The molecule has 0 bridgehead atoms. The molecule has 1 aromatic carbocycles. The smallest absolute Gasteiger partial charge is 0.240 e. The molecule has 0 aliphatic heterocycles. The molecule has 0 spiro atoms. The molecule has 1 amide bonds. The number of hydrogen-bond donors (Lipinski definition) is 1. The van der Waals surface area contributed by atoms with E-state index in [0.29, 0.717) is 19.2 Å². The van der Waals surface area contributed by atoms with Crippen molar-refractivity contribution in [1.82, 2.24) is 5.32 Å². The van der Waals surface area contributed by atoms with Gasteiger partial charge in [0.15, 0.2) is 0 Å². The maximum Gasteiger partial charge on any atom is 0.240 e. The van der Waals surface area contributed by atoms with Crippen LogP contribution in [-0.2, 0) is 4.79 Å². The van der Waals surface area contributed by atoms with Gasteiger partial charge in [0.1, 0.15) is 5.75 Å². The van der Waals surface area contributed by atoms with E-state index in [1.54, 1.807) is 11.9 Å². The summed E-state index contributed by atoms with van der Waals surface area (Å²) < 4.78 is 5.50. The summed E-state index contributed by atoms with van der Waals surface area (Å²) in [7, 11) is 1.79. The van der Waals surface area contributed by atoms with Crippen LogP contribution in [0.4, 0.5) is 5.69 Å². The van der Waals surface area contributed by atoms with E-state index in [2.05, 4.69) is 5.32 Å². The van der Waals surface area contributed by atoms with E-state index in [4.69, 9.17) is 4.74 Å². The molecule has 0 heterocycles. The lowest BCUT2D eigenvalue weighted by Gasteiger charge is -2.20. The lowest BCUT2D eigenvalue weighted by atomic mass is 10.2. The Morgan fingerprint density at radius 3 is 2.63 bits per heavy atom. The van der Waals surface area contributed by atoms with Gasteiger partial charge >= 0.3 is 0 Å². The Bertz CT molecular complexity index is 430. The molecule has 106 valence electrons. The van der Waals surface area contributed by atoms with Crippen molar-refractivity contribution in [1.29, 1.82) is 0 Å². The topological polar surface area (TPSA) is 41.6 Å². The van der Waals surface area contributed by atoms with Crippen LogP contribution < -0.4 is 15.0 Å². The van der Waals surface area contributed by atoms with Crippen molar-refractivity contribution in [3.8, 4) is 5.75 Å². The molecule has 0 radical (unpaired) electrons. The number of aryl methyl sites for hydroxylation is 1. The summed E-state index contributed by atoms with van der Waals surface area (Å²) in [5.41, 5.74) is 1.92. The normalized spacial score (nSPS) is 10.6. The molecule has 0 unspecified atom stereocenters. The Labute approximate surface area is 115 Å². The van der Waals surface area contributed by atoms with E-state index < -0.39 is 0 Å². The predicted octanol–water partition coefficient (Wildman–Crippen LogP) is 2.35. The molecule has 1 rings (SSSR count). The quantitative estimate of drug-likeness (QED) is 0.857. The molecular formula is C15H24N2O2. The van der Waals surface area contributed by atoms with Crippen LogP contribution in [-0.4, -0.2) is 32.1 Å². The van der Waals surface area contributed by atoms with Gasteiger partial charge in [-0.3, -0.25) is 4.79 Å². The Hall–Kier alpha value is -1.55. The van der Waals surface area contributed by atoms with Crippen LogP contribution in [0.2, 0.25) is 0 Å². The number of carbonyl (C=O) groups excluding carboxylic acids is 1. The Morgan fingerprint density at radius 1 is 1.42 bits per heavy atom. The molecule has 0 saturated carbocycles. The summed E-state index contributed by atoms with van der Waals surface area (Å²) in [4.78, 5) is 13.7. The Kier molecular flexibility index (Phi) is 5.83. The highest BCUT2D eigenvalue weighted by atomic mass is 16.5. The maximum atomic E-state index is 12.0. The molecule has 0 aliphatic carbocycles. The number of nitrogens with one attached hydrogen (secondary N) is 1. The fourth-order valence-corrected chi connectivity index (χ4v) is 1.71. The van der Waals surface area contributed by atoms with Crippen molar-refractivity contribution in [2.45, 2.75) is 33.7 Å². The third kappa shape index (κ3) is 4.56. The van der Waals surface area contributed by atoms with E-state index >= 15 is 0 Å². The molecule has 0 atom stereocenters. The van der Waals surface area contributed by atoms with E-state index in [1.807, 2.05) is 45.9 Å². The monoisotopic (exact) mass is 264 g/mol. The molecule has 1 N–H and O–H groups in total. The average Bonchev–Trinajstić information content (AvgIpc) is 2.37. The average molecular weight is 264 g/mol. The van der Waals surface area contributed by atoms with E-state index in [0.717, 1.165) is 17.0 Å². The van der Waals surface area contributed by atoms with Gasteiger partial charge in [-0.15, -0.1) is 0 Å². The Balaban J connectivity index is 2.74. The first-order valence-corrected chi connectivity index (χ1v) is 6.69. The number of carbonyl (C=O) groups is 1. The van der Waals surface area contributed by atoms with E-state index in [1.165, 1.54) is 0 Å². The second kappa shape index (κ2) is 7.14. The predicted molar refractivity (Wildman–Crippen MR) is 78.9 cm³/mol.